The van der Waals surface area contributed by atoms with E-state index in [9.17, 15) is 0 Å². The van der Waals surface area contributed by atoms with Crippen LogP contribution in [0.2, 0.25) is 0 Å². The fourth-order valence-electron chi connectivity index (χ4n) is 2.46. The first-order valence-electron chi connectivity index (χ1n) is 7.12. The summed E-state index contributed by atoms with van der Waals surface area (Å²) < 4.78 is 11.5. The monoisotopic (exact) mass is 285 g/mol. The number of ether oxygens (including phenoxy) is 2. The number of aryl methyl sites for hydroxylation is 2. The number of rotatable bonds is 4. The van der Waals surface area contributed by atoms with E-state index in [-0.39, 0.29) is 6.04 Å². The Kier molecular flexibility index (Phi) is 4.53. The largest absolute Gasteiger partial charge is 0.496 e. The first kappa shape index (κ1) is 15.4. The van der Waals surface area contributed by atoms with E-state index in [0.29, 0.717) is 0 Å². The zero-order valence-electron chi connectivity index (χ0n) is 13.4. The summed E-state index contributed by atoms with van der Waals surface area (Å²) in [4.78, 5) is 0. The molecular formula is C18H23NO2. The molecular weight excluding hydrogens is 262 g/mol. The Balaban J connectivity index is 2.50. The Morgan fingerprint density at radius 1 is 1.00 bits per heavy atom. The van der Waals surface area contributed by atoms with Gasteiger partial charge < -0.3 is 15.2 Å². The van der Waals surface area contributed by atoms with Gasteiger partial charge in [-0.25, -0.2) is 0 Å². The van der Waals surface area contributed by atoms with Crippen LogP contribution in [0, 0.1) is 20.8 Å². The molecule has 112 valence electrons. The van der Waals surface area contributed by atoms with Crippen LogP contribution in [0.4, 0.5) is 0 Å². The van der Waals surface area contributed by atoms with Gasteiger partial charge in [-0.2, -0.15) is 0 Å². The van der Waals surface area contributed by atoms with Crippen molar-refractivity contribution in [2.45, 2.75) is 33.7 Å². The second-order valence-corrected chi connectivity index (χ2v) is 5.47. The molecule has 2 aromatic rings. The lowest BCUT2D eigenvalue weighted by Crippen LogP contribution is -2.09. The van der Waals surface area contributed by atoms with Crippen LogP contribution >= 0.6 is 0 Å². The van der Waals surface area contributed by atoms with Crippen LogP contribution in [-0.4, -0.2) is 7.11 Å². The van der Waals surface area contributed by atoms with E-state index in [4.69, 9.17) is 15.2 Å². The fraction of sp³-hybridized carbons (Fsp3) is 0.333. The molecule has 0 spiro atoms. The standard InChI is InChI=1S/C18H23NO2/c1-11-9-12(2)13(3)17(10-11)21-16-8-6-7-15(20-5)18(16)14(4)19/h6-10,14H,19H2,1-5H3. The highest BCUT2D eigenvalue weighted by Gasteiger charge is 2.16. The number of methoxy groups -OCH3 is 1. The molecule has 21 heavy (non-hydrogen) atoms. The summed E-state index contributed by atoms with van der Waals surface area (Å²) in [6.45, 7) is 8.15. The van der Waals surface area contributed by atoms with E-state index in [1.807, 2.05) is 31.2 Å². The van der Waals surface area contributed by atoms with Crippen LogP contribution in [0.15, 0.2) is 30.3 Å². The van der Waals surface area contributed by atoms with Gasteiger partial charge in [-0.1, -0.05) is 12.1 Å². The summed E-state index contributed by atoms with van der Waals surface area (Å²) in [5.74, 6) is 2.37. The Morgan fingerprint density at radius 2 is 1.67 bits per heavy atom. The van der Waals surface area contributed by atoms with Crippen LogP contribution < -0.4 is 15.2 Å². The molecule has 0 fully saturated rings. The lowest BCUT2D eigenvalue weighted by atomic mass is 10.0. The lowest BCUT2D eigenvalue weighted by molar-refractivity contribution is 0.397. The summed E-state index contributed by atoms with van der Waals surface area (Å²) in [6, 6.07) is 9.78. The van der Waals surface area contributed by atoms with Gasteiger partial charge in [-0.05, 0) is 62.6 Å². The molecule has 2 rings (SSSR count). The highest BCUT2D eigenvalue weighted by atomic mass is 16.5. The van der Waals surface area contributed by atoms with Crippen LogP contribution in [0.5, 0.6) is 17.2 Å². The van der Waals surface area contributed by atoms with Gasteiger partial charge in [0.05, 0.1) is 12.7 Å². The zero-order chi connectivity index (χ0) is 15.6. The molecule has 0 amide bonds. The maximum absolute atomic E-state index is 6.15. The molecule has 2 aromatic carbocycles. The van der Waals surface area contributed by atoms with Crippen molar-refractivity contribution in [2.75, 3.05) is 7.11 Å². The SMILES string of the molecule is COc1cccc(Oc2cc(C)cc(C)c2C)c1C(C)N. The van der Waals surface area contributed by atoms with Crippen molar-refractivity contribution in [1.82, 2.24) is 0 Å². The normalized spacial score (nSPS) is 12.1. The summed E-state index contributed by atoms with van der Waals surface area (Å²) in [6.07, 6.45) is 0. The van der Waals surface area contributed by atoms with Crippen LogP contribution in [-0.2, 0) is 0 Å². The molecule has 2 N–H and O–H groups in total. The molecule has 0 heterocycles. The highest BCUT2D eigenvalue weighted by molar-refractivity contribution is 5.50. The minimum Gasteiger partial charge on any atom is -0.496 e. The average molecular weight is 285 g/mol. The van der Waals surface area contributed by atoms with Crippen molar-refractivity contribution in [3.63, 3.8) is 0 Å². The zero-order valence-corrected chi connectivity index (χ0v) is 13.4. The van der Waals surface area contributed by atoms with Gasteiger partial charge in [0.25, 0.3) is 0 Å². The van der Waals surface area contributed by atoms with Crippen molar-refractivity contribution in [2.24, 2.45) is 5.73 Å². The summed E-state index contributed by atoms with van der Waals surface area (Å²) in [5, 5.41) is 0. The minimum atomic E-state index is -0.164. The second kappa shape index (κ2) is 6.19. The van der Waals surface area contributed by atoms with Crippen LogP contribution in [0.25, 0.3) is 0 Å². The molecule has 0 aliphatic rings. The molecule has 0 aliphatic heterocycles. The summed E-state index contributed by atoms with van der Waals surface area (Å²) in [5.41, 5.74) is 10.5. The van der Waals surface area contributed by atoms with Crippen molar-refractivity contribution in [3.05, 3.63) is 52.6 Å². The molecule has 0 radical (unpaired) electrons. The number of benzene rings is 2. The third kappa shape index (κ3) is 3.19. The molecule has 0 aliphatic carbocycles. The number of nitrogens with two attached hydrogens (primary N) is 1. The van der Waals surface area contributed by atoms with Gasteiger partial charge in [0.2, 0.25) is 0 Å². The third-order valence-corrected chi connectivity index (χ3v) is 3.69. The van der Waals surface area contributed by atoms with Gasteiger partial charge in [0, 0.05) is 6.04 Å². The smallest absolute Gasteiger partial charge is 0.135 e. The Morgan fingerprint density at radius 3 is 2.29 bits per heavy atom. The number of hydrogen-bond acceptors (Lipinski definition) is 3. The van der Waals surface area contributed by atoms with Gasteiger partial charge in [0.1, 0.15) is 17.2 Å². The van der Waals surface area contributed by atoms with Crippen molar-refractivity contribution in [1.29, 1.82) is 0 Å². The van der Waals surface area contributed by atoms with E-state index in [1.54, 1.807) is 7.11 Å². The van der Waals surface area contributed by atoms with E-state index in [2.05, 4.69) is 26.8 Å². The first-order chi connectivity index (χ1) is 9.93. The highest BCUT2D eigenvalue weighted by Crippen LogP contribution is 2.37. The van der Waals surface area contributed by atoms with E-state index in [0.717, 1.165) is 28.4 Å². The first-order valence-corrected chi connectivity index (χ1v) is 7.12. The average Bonchev–Trinajstić information content (AvgIpc) is 2.43. The minimum absolute atomic E-state index is 0.164. The van der Waals surface area contributed by atoms with E-state index in [1.165, 1.54) is 11.1 Å². The molecule has 1 atom stereocenters. The lowest BCUT2D eigenvalue weighted by Gasteiger charge is -2.19. The molecule has 0 saturated heterocycles. The van der Waals surface area contributed by atoms with Crippen LogP contribution in [0.1, 0.15) is 35.2 Å². The topological polar surface area (TPSA) is 44.5 Å². The summed E-state index contributed by atoms with van der Waals surface area (Å²) in [7, 11) is 1.65. The number of hydrogen-bond donors (Lipinski definition) is 1. The molecule has 1 unspecified atom stereocenters. The quantitative estimate of drug-likeness (QED) is 0.903. The van der Waals surface area contributed by atoms with E-state index >= 15 is 0 Å². The predicted octanol–water partition coefficient (Wildman–Crippen LogP) is 4.43. The van der Waals surface area contributed by atoms with Crippen molar-refractivity contribution >= 4 is 0 Å². The Hall–Kier alpha value is -2.00. The van der Waals surface area contributed by atoms with Crippen LogP contribution in [0.3, 0.4) is 0 Å². The molecule has 3 nitrogen and oxygen atoms in total. The van der Waals surface area contributed by atoms with Gasteiger partial charge in [0.15, 0.2) is 0 Å². The van der Waals surface area contributed by atoms with Crippen molar-refractivity contribution < 1.29 is 9.47 Å². The molecule has 0 bridgehead atoms. The predicted molar refractivity (Wildman–Crippen MR) is 86.3 cm³/mol. The molecule has 3 heteroatoms. The molecule has 0 saturated carbocycles. The second-order valence-electron chi connectivity index (χ2n) is 5.47. The van der Waals surface area contributed by atoms with E-state index < -0.39 is 0 Å². The maximum Gasteiger partial charge on any atom is 0.135 e. The Labute approximate surface area is 126 Å². The summed E-state index contributed by atoms with van der Waals surface area (Å²) >= 11 is 0. The third-order valence-electron chi connectivity index (χ3n) is 3.69. The Bertz CT molecular complexity index is 648. The molecule has 0 aromatic heterocycles. The maximum atomic E-state index is 6.15. The fourth-order valence-corrected chi connectivity index (χ4v) is 2.46. The van der Waals surface area contributed by atoms with Crippen molar-refractivity contribution in [3.8, 4) is 17.2 Å². The van der Waals surface area contributed by atoms with Gasteiger partial charge in [-0.15, -0.1) is 0 Å². The van der Waals surface area contributed by atoms with Gasteiger partial charge in [-0.3, -0.25) is 0 Å². The van der Waals surface area contributed by atoms with Gasteiger partial charge >= 0.3 is 0 Å².